The molecule has 1 heterocycles. The van der Waals surface area contributed by atoms with Gasteiger partial charge in [0.25, 0.3) is 0 Å². The van der Waals surface area contributed by atoms with Gasteiger partial charge in [0.05, 0.1) is 79.8 Å². The lowest BCUT2D eigenvalue weighted by Crippen LogP contribution is -2.54. The largest absolute Gasteiger partial charge is 0.481 e. The number of aliphatic hydroxyl groups excluding tert-OH is 1. The molecular formula is C87H137N9O21S. The van der Waals surface area contributed by atoms with Gasteiger partial charge in [-0.15, -0.1) is 11.8 Å². The molecule has 2 aromatic rings. The van der Waals surface area contributed by atoms with Crippen molar-refractivity contribution in [3.05, 3.63) is 65.7 Å². The summed E-state index contributed by atoms with van der Waals surface area (Å²) in [6, 6.07) is 10.8. The molecule has 0 bridgehead atoms. The van der Waals surface area contributed by atoms with Crippen LogP contribution in [0.5, 0.6) is 0 Å². The number of hydrogen-bond acceptors (Lipinski definition) is 22. The number of amides is 8. The number of carboxylic acid groups (broad SMARTS) is 1. The van der Waals surface area contributed by atoms with E-state index in [-0.39, 0.29) is 180 Å². The second-order valence-corrected chi connectivity index (χ2v) is 33.8. The van der Waals surface area contributed by atoms with Crippen molar-refractivity contribution in [2.75, 3.05) is 72.2 Å². The number of ketones is 7. The minimum atomic E-state index is -1.24. The average molecular weight is 1680 g/mol. The van der Waals surface area contributed by atoms with Gasteiger partial charge in [-0.05, 0) is 105 Å². The molecule has 1 aliphatic heterocycles. The van der Waals surface area contributed by atoms with Gasteiger partial charge < -0.3 is 81.4 Å². The number of nitrogens with zero attached hydrogens (tertiary/aromatic N) is 3. The number of likely N-dealkylation sites (tertiary alicyclic amines) is 1. The molecule has 1 saturated heterocycles. The minimum absolute atomic E-state index is 0.00187. The summed E-state index contributed by atoms with van der Waals surface area (Å²) in [7, 11) is 6.19. The molecule has 0 radical (unpaired) electrons. The number of nitrogens with one attached hydrogen (secondary N) is 4. The van der Waals surface area contributed by atoms with Gasteiger partial charge in [0, 0.05) is 135 Å². The van der Waals surface area contributed by atoms with Crippen LogP contribution < -0.4 is 32.7 Å². The monoisotopic (exact) mass is 1680 g/mol. The zero-order valence-corrected chi connectivity index (χ0v) is 73.2. The van der Waals surface area contributed by atoms with E-state index in [0.717, 1.165) is 17.3 Å². The number of carbonyl (C=O) groups is 15. The Hall–Kier alpha value is -8.36. The van der Waals surface area contributed by atoms with Gasteiger partial charge in [-0.25, -0.2) is 9.59 Å². The molecule has 2 aromatic carbocycles. The van der Waals surface area contributed by atoms with Crippen molar-refractivity contribution in [1.29, 1.82) is 0 Å². The molecule has 1 fully saturated rings. The van der Waals surface area contributed by atoms with E-state index in [4.69, 9.17) is 30.4 Å². The molecule has 1 aliphatic rings. The van der Waals surface area contributed by atoms with E-state index in [9.17, 15) is 82.1 Å². The standard InChI is InChI=1S/C87H137N9O21S/c1-16-56(8)81(73(114-14)48-77(106)96-42-25-31-67(96)83(115-15)59(11)70(101)45-57(9)82(109)61-27-20-19-21-28-61)94(12)85(111)65(53(2)3)47-72(103)80(55(6)7)95(13)87(113)117-51-60-35-37-63(38-36-60)91-84(110)62(29-24-41-90-86(89)112)46-71(102)79(54(4)5)93-75(104)33-23-18-17-22-32-69(100)74(49-78(107)108)118-52-66(68(99)39-34-58(10)97)92-76(105)40-44-116-43-26-30-64(98)50-88/h19-21,27-28,35-38,53-57,59,62,65-67,73-74,79-83,109H,16-18,22-26,29-34,39-52,88H2,1-15H3,(H,91,110)(H,92,105)(H,93,104)(H,107,108)(H3,89,90,112)/t56-,57-,59-,62+,65-,66?,67-,73+,74?,79-,80-,81-,82+,83+/m0/s1. The highest BCUT2D eigenvalue weighted by molar-refractivity contribution is 8.00. The van der Waals surface area contributed by atoms with Gasteiger partial charge in [-0.3, -0.25) is 57.5 Å². The molecule has 3 rings (SSSR count). The number of hydrogen-bond donors (Lipinski definition) is 8. The Kier molecular flexibility index (Phi) is 48.2. The molecule has 2 unspecified atom stereocenters. The van der Waals surface area contributed by atoms with Crippen LogP contribution in [-0.2, 0) is 87.9 Å². The maximum atomic E-state index is 15.0. The first kappa shape index (κ1) is 104. The van der Waals surface area contributed by atoms with Crippen molar-refractivity contribution in [2.45, 2.75) is 271 Å². The Balaban J connectivity index is 1.63. The van der Waals surface area contributed by atoms with Crippen LogP contribution in [0, 0.1) is 47.3 Å². The Labute approximate surface area is 702 Å². The summed E-state index contributed by atoms with van der Waals surface area (Å²) in [5.74, 6) is -9.39. The van der Waals surface area contributed by atoms with Crippen LogP contribution in [0.4, 0.5) is 15.3 Å². The molecule has 118 heavy (non-hydrogen) atoms. The highest BCUT2D eigenvalue weighted by atomic mass is 32.2. The van der Waals surface area contributed by atoms with Crippen molar-refractivity contribution in [3.63, 3.8) is 0 Å². The Morgan fingerprint density at radius 2 is 1.31 bits per heavy atom. The number of carboxylic acids is 1. The highest BCUT2D eigenvalue weighted by Gasteiger charge is 2.44. The van der Waals surface area contributed by atoms with Crippen molar-refractivity contribution >= 4 is 106 Å². The van der Waals surface area contributed by atoms with Crippen molar-refractivity contribution < 1.29 is 101 Å². The number of urea groups is 1. The van der Waals surface area contributed by atoms with Crippen LogP contribution in [0.15, 0.2) is 54.6 Å². The lowest BCUT2D eigenvalue weighted by atomic mass is 9.83. The van der Waals surface area contributed by atoms with Crippen LogP contribution in [0.1, 0.15) is 228 Å². The third-order valence-corrected chi connectivity index (χ3v) is 23.5. The van der Waals surface area contributed by atoms with E-state index in [1.54, 1.807) is 82.8 Å². The van der Waals surface area contributed by atoms with Crippen LogP contribution in [-0.4, -0.2) is 228 Å². The summed E-state index contributed by atoms with van der Waals surface area (Å²) in [5, 5.41) is 30.5. The first-order valence-corrected chi connectivity index (χ1v) is 42.9. The van der Waals surface area contributed by atoms with E-state index in [1.807, 2.05) is 65.0 Å². The quantitative estimate of drug-likeness (QED) is 0.0286. The second kappa shape index (κ2) is 54.7. The van der Waals surface area contributed by atoms with Crippen molar-refractivity contribution in [3.8, 4) is 0 Å². The van der Waals surface area contributed by atoms with E-state index in [1.165, 1.54) is 26.0 Å². The molecular weight excluding hydrogens is 1540 g/mol. The van der Waals surface area contributed by atoms with Crippen LogP contribution >= 0.6 is 11.8 Å². The number of rotatable bonds is 61. The number of anilines is 1. The molecule has 10 N–H and O–H groups in total. The number of likely N-dealkylation sites (N-methyl/N-ethyl adjacent to an activating group) is 2. The number of nitrogens with two attached hydrogens (primary N) is 2. The zero-order chi connectivity index (χ0) is 88.5. The van der Waals surface area contributed by atoms with Gasteiger partial charge in [-0.2, -0.15) is 0 Å². The summed E-state index contributed by atoms with van der Waals surface area (Å²) >= 11 is 0.929. The summed E-state index contributed by atoms with van der Waals surface area (Å²) in [6.45, 7) is 20.2. The molecule has 31 heteroatoms. The Morgan fingerprint density at radius 3 is 1.89 bits per heavy atom. The van der Waals surface area contributed by atoms with Gasteiger partial charge in [-0.1, -0.05) is 131 Å². The number of primary amides is 1. The van der Waals surface area contributed by atoms with Crippen molar-refractivity contribution in [1.82, 2.24) is 30.7 Å². The summed E-state index contributed by atoms with van der Waals surface area (Å²) in [6.07, 6.45) is 0.445. The SMILES string of the molecule is CC[C@H](C)[C@@H]([C@@H](CC(=O)N1CCC[C@H]1[C@H](OC)[C@@H](C)C(=O)C[C@H](C)[C@@H](O)c1ccccc1)OC)N(C)C(=O)[C@@H](CC(=O)[C@H](C(C)C)N(C)C(=O)OCc1ccc(NC(=O)[C@H](CCCNC(N)=O)CC(=O)[C@@H](NC(=O)CCCCCCC(=O)C(CC(=O)O)SCC(NC(=O)CCOCCCC(=O)CN)C(=O)CCC(C)=O)C(C)C)cc1)C(C)C. The smallest absolute Gasteiger partial charge is 0.410 e. The molecule has 662 valence electrons. The van der Waals surface area contributed by atoms with Crippen LogP contribution in [0.3, 0.4) is 0 Å². The maximum absolute atomic E-state index is 15.0. The van der Waals surface area contributed by atoms with Gasteiger partial charge in [0.1, 0.15) is 29.7 Å². The fourth-order valence-electron chi connectivity index (χ4n) is 15.0. The summed E-state index contributed by atoms with van der Waals surface area (Å²) in [5.41, 5.74) is 12.2. The van der Waals surface area contributed by atoms with Crippen molar-refractivity contribution in [2.24, 2.45) is 58.8 Å². The van der Waals surface area contributed by atoms with Gasteiger partial charge in [0.15, 0.2) is 17.3 Å². The minimum Gasteiger partial charge on any atom is -0.481 e. The molecule has 0 aliphatic carbocycles. The Bertz CT molecular complexity index is 3570. The molecule has 14 atom stereocenters. The lowest BCUT2D eigenvalue weighted by molar-refractivity contribution is -0.149. The number of methoxy groups -OCH3 is 2. The number of benzene rings is 2. The number of unbranched alkanes of at least 4 members (excludes halogenated alkanes) is 3. The van der Waals surface area contributed by atoms with E-state index in [2.05, 4.69) is 21.3 Å². The van der Waals surface area contributed by atoms with E-state index in [0.29, 0.717) is 69.2 Å². The first-order chi connectivity index (χ1) is 55.8. The maximum Gasteiger partial charge on any atom is 0.410 e. The second-order valence-electron chi connectivity index (χ2n) is 32.5. The normalized spacial score (nSPS) is 16.1. The number of ether oxygens (including phenoxy) is 4. The number of carbonyl (C=O) groups excluding carboxylic acids is 14. The first-order valence-electron chi connectivity index (χ1n) is 41.8. The highest BCUT2D eigenvalue weighted by Crippen LogP contribution is 2.34. The molecule has 0 aromatic heterocycles. The zero-order valence-electron chi connectivity index (χ0n) is 72.4. The number of aliphatic carboxylic acids is 1. The molecule has 0 saturated carbocycles. The van der Waals surface area contributed by atoms with Gasteiger partial charge >= 0.3 is 18.1 Å². The Morgan fingerprint density at radius 1 is 0.653 bits per heavy atom. The van der Waals surface area contributed by atoms with Gasteiger partial charge in [0.2, 0.25) is 29.5 Å². The topological polar surface area (TPSA) is 443 Å². The molecule has 8 amide bonds. The van der Waals surface area contributed by atoms with Crippen LogP contribution in [0.2, 0.25) is 0 Å². The third kappa shape index (κ3) is 36.3. The predicted octanol–water partition coefficient (Wildman–Crippen LogP) is 9.49. The number of aliphatic hydroxyl groups is 1. The third-order valence-electron chi connectivity index (χ3n) is 22.2. The lowest BCUT2D eigenvalue weighted by Gasteiger charge is -2.41. The van der Waals surface area contributed by atoms with E-state index < -0.39 is 131 Å². The van der Waals surface area contributed by atoms with E-state index >= 15 is 0 Å². The fourth-order valence-corrected chi connectivity index (χ4v) is 16.3. The van der Waals surface area contributed by atoms with Crippen LogP contribution in [0.25, 0.3) is 0 Å². The number of thioether (sulfide) groups is 1. The summed E-state index contributed by atoms with van der Waals surface area (Å²) in [4.78, 5) is 204. The summed E-state index contributed by atoms with van der Waals surface area (Å²) < 4.78 is 23.3. The number of Topliss-reactive ketones (excluding diaryl/α,β-unsaturated/α-hetero) is 7. The fraction of sp³-hybridized carbons (Fsp3) is 0.690. The molecule has 30 nitrogen and oxygen atoms in total. The predicted molar refractivity (Wildman–Crippen MR) is 449 cm³/mol. The molecule has 0 spiro atoms. The average Bonchev–Trinajstić information content (AvgIpc) is 1.74.